The predicted molar refractivity (Wildman–Crippen MR) is 98.6 cm³/mol. The van der Waals surface area contributed by atoms with Gasteiger partial charge in [0.1, 0.15) is 18.5 Å². The van der Waals surface area contributed by atoms with Crippen molar-refractivity contribution in [3.63, 3.8) is 0 Å². The second-order valence-corrected chi connectivity index (χ2v) is 6.72. The monoisotopic (exact) mass is 394 g/mol. The number of cyclic esters (lactones) is 1. The molecule has 0 radical (unpaired) electrons. The summed E-state index contributed by atoms with van der Waals surface area (Å²) in [4.78, 5) is 39.3. The molecule has 2 aliphatic rings. The Morgan fingerprint density at radius 3 is 2.61 bits per heavy atom. The summed E-state index contributed by atoms with van der Waals surface area (Å²) in [5.41, 5.74) is 0.771. The molecule has 152 valence electrons. The van der Waals surface area contributed by atoms with Crippen LogP contribution >= 0.6 is 0 Å². The molecular weight excluding hydrogens is 371 g/mol. The van der Waals surface area contributed by atoms with E-state index in [0.717, 1.165) is 0 Å². The highest BCUT2D eigenvalue weighted by Crippen LogP contribution is 2.28. The number of nitrogens with zero attached hydrogens (tertiary/aromatic N) is 3. The Kier molecular flexibility index (Phi) is 5.98. The number of nitrogens with one attached hydrogen (secondary N) is 1. The van der Waals surface area contributed by atoms with Crippen LogP contribution in [0.1, 0.15) is 6.92 Å². The highest BCUT2D eigenvalue weighted by molar-refractivity contribution is 5.90. The van der Waals surface area contributed by atoms with Gasteiger partial charge in [0, 0.05) is 33.1 Å². The second-order valence-electron chi connectivity index (χ2n) is 6.72. The van der Waals surface area contributed by atoms with E-state index in [0.29, 0.717) is 37.6 Å². The molecule has 0 spiro atoms. The molecule has 0 aliphatic carbocycles. The molecule has 3 amide bonds. The van der Waals surface area contributed by atoms with E-state index in [2.05, 4.69) is 5.32 Å². The fourth-order valence-corrected chi connectivity index (χ4v) is 3.31. The van der Waals surface area contributed by atoms with Crippen molar-refractivity contribution in [2.45, 2.75) is 13.0 Å². The van der Waals surface area contributed by atoms with Crippen molar-refractivity contribution < 1.29 is 28.6 Å². The number of ether oxygens (including phenoxy) is 1. The van der Waals surface area contributed by atoms with Crippen molar-refractivity contribution in [1.82, 2.24) is 10.2 Å². The highest BCUT2D eigenvalue weighted by Gasteiger charge is 2.33. The zero-order chi connectivity index (χ0) is 20.3. The number of aliphatic hydroxyl groups is 1. The minimum atomic E-state index is -0.585. The average molecular weight is 394 g/mol. The topological polar surface area (TPSA) is 102 Å². The molecule has 2 aliphatic heterocycles. The quantitative estimate of drug-likeness (QED) is 0.725. The SMILES string of the molecule is CC(=O)NCC1CN(c2ccc(N3CCN(C(=O)CO)CC3)c(F)c2)C(=O)O1. The molecule has 1 atom stereocenters. The fraction of sp³-hybridized carbons (Fsp3) is 0.500. The maximum Gasteiger partial charge on any atom is 0.414 e. The molecule has 1 unspecified atom stereocenters. The Bertz CT molecular complexity index is 766. The van der Waals surface area contributed by atoms with Crippen LogP contribution in [0.4, 0.5) is 20.6 Å². The number of rotatable bonds is 5. The first kappa shape index (κ1) is 19.9. The van der Waals surface area contributed by atoms with Gasteiger partial charge in [0.2, 0.25) is 11.8 Å². The van der Waals surface area contributed by atoms with Crippen LogP contribution in [0.3, 0.4) is 0 Å². The molecule has 2 fully saturated rings. The normalized spacial score (nSPS) is 19.6. The number of carbonyl (C=O) groups excluding carboxylic acids is 3. The molecule has 28 heavy (non-hydrogen) atoms. The van der Waals surface area contributed by atoms with Gasteiger partial charge < -0.3 is 25.0 Å². The standard InChI is InChI=1S/C18H23FN4O5/c1-12(25)20-9-14-10-23(18(27)28-14)13-2-3-16(15(19)8-13)21-4-6-22(7-5-21)17(26)11-24/h2-3,8,14,24H,4-7,9-11H2,1H3,(H,20,25). The first-order valence-electron chi connectivity index (χ1n) is 9.04. The molecule has 0 aromatic heterocycles. The third-order valence-corrected chi connectivity index (χ3v) is 4.80. The van der Waals surface area contributed by atoms with E-state index in [-0.39, 0.29) is 24.9 Å². The summed E-state index contributed by atoms with van der Waals surface area (Å²) in [6.07, 6.45) is -1.07. The Hall–Kier alpha value is -2.88. The van der Waals surface area contributed by atoms with Crippen molar-refractivity contribution in [3.8, 4) is 0 Å². The number of carbonyl (C=O) groups is 3. The zero-order valence-electron chi connectivity index (χ0n) is 15.6. The van der Waals surface area contributed by atoms with Crippen LogP contribution in [-0.4, -0.2) is 79.9 Å². The third-order valence-electron chi connectivity index (χ3n) is 4.80. The summed E-state index contributed by atoms with van der Waals surface area (Å²) in [5.74, 6) is -1.03. The van der Waals surface area contributed by atoms with Crippen LogP contribution in [0.2, 0.25) is 0 Å². The van der Waals surface area contributed by atoms with Crippen molar-refractivity contribution in [1.29, 1.82) is 0 Å². The lowest BCUT2D eigenvalue weighted by Gasteiger charge is -2.36. The minimum Gasteiger partial charge on any atom is -0.442 e. The van der Waals surface area contributed by atoms with E-state index in [1.807, 2.05) is 4.90 Å². The fourth-order valence-electron chi connectivity index (χ4n) is 3.31. The smallest absolute Gasteiger partial charge is 0.414 e. The lowest BCUT2D eigenvalue weighted by molar-refractivity contribution is -0.134. The third kappa shape index (κ3) is 4.33. The molecule has 2 saturated heterocycles. The van der Waals surface area contributed by atoms with Gasteiger partial charge in [-0.25, -0.2) is 9.18 Å². The lowest BCUT2D eigenvalue weighted by Crippen LogP contribution is -2.49. The molecule has 2 heterocycles. The number of anilines is 2. The Morgan fingerprint density at radius 1 is 1.29 bits per heavy atom. The molecule has 3 rings (SSSR count). The summed E-state index contributed by atoms with van der Waals surface area (Å²) in [6.45, 7) is 2.99. The maximum atomic E-state index is 14.7. The number of amides is 3. The molecule has 0 saturated carbocycles. The van der Waals surface area contributed by atoms with Crippen LogP contribution < -0.4 is 15.1 Å². The number of piperazine rings is 1. The summed E-state index contributed by atoms with van der Waals surface area (Å²) in [5, 5.41) is 11.5. The molecule has 1 aromatic carbocycles. The Morgan fingerprint density at radius 2 is 2.00 bits per heavy atom. The summed E-state index contributed by atoms with van der Waals surface area (Å²) in [6, 6.07) is 4.52. The van der Waals surface area contributed by atoms with Crippen molar-refractivity contribution in [2.75, 3.05) is 55.7 Å². The molecule has 1 aromatic rings. The number of aliphatic hydroxyl groups excluding tert-OH is 1. The van der Waals surface area contributed by atoms with Crippen molar-refractivity contribution in [3.05, 3.63) is 24.0 Å². The van der Waals surface area contributed by atoms with Crippen LogP contribution in [0.25, 0.3) is 0 Å². The van der Waals surface area contributed by atoms with E-state index in [9.17, 15) is 18.8 Å². The molecule has 9 nitrogen and oxygen atoms in total. The van der Waals surface area contributed by atoms with Gasteiger partial charge in [-0.05, 0) is 18.2 Å². The van der Waals surface area contributed by atoms with Crippen molar-refractivity contribution >= 4 is 29.3 Å². The predicted octanol–water partition coefficient (Wildman–Crippen LogP) is -0.0721. The van der Waals surface area contributed by atoms with Crippen LogP contribution in [0.5, 0.6) is 0 Å². The molecule has 10 heteroatoms. The summed E-state index contributed by atoms with van der Waals surface area (Å²) >= 11 is 0. The number of benzene rings is 1. The maximum absolute atomic E-state index is 14.7. The van der Waals surface area contributed by atoms with Gasteiger partial charge in [-0.3, -0.25) is 14.5 Å². The van der Waals surface area contributed by atoms with Gasteiger partial charge >= 0.3 is 6.09 Å². The average Bonchev–Trinajstić information content (AvgIpc) is 3.06. The first-order chi connectivity index (χ1) is 13.4. The van der Waals surface area contributed by atoms with E-state index in [1.165, 1.54) is 22.8 Å². The molecule has 2 N–H and O–H groups in total. The van der Waals surface area contributed by atoms with E-state index in [1.54, 1.807) is 12.1 Å². The van der Waals surface area contributed by atoms with Crippen LogP contribution in [-0.2, 0) is 14.3 Å². The molecule has 0 bridgehead atoms. The van der Waals surface area contributed by atoms with Gasteiger partial charge in [-0.1, -0.05) is 0 Å². The largest absolute Gasteiger partial charge is 0.442 e. The van der Waals surface area contributed by atoms with E-state index in [4.69, 9.17) is 9.84 Å². The second kappa shape index (κ2) is 8.42. The minimum absolute atomic E-state index is 0.203. The van der Waals surface area contributed by atoms with Gasteiger partial charge in [-0.2, -0.15) is 0 Å². The lowest BCUT2D eigenvalue weighted by atomic mass is 10.2. The van der Waals surface area contributed by atoms with Gasteiger partial charge in [0.25, 0.3) is 0 Å². The van der Waals surface area contributed by atoms with E-state index < -0.39 is 24.6 Å². The Labute approximate surface area is 161 Å². The molecular formula is C18H23FN4O5. The van der Waals surface area contributed by atoms with Crippen molar-refractivity contribution in [2.24, 2.45) is 0 Å². The van der Waals surface area contributed by atoms with Crippen LogP contribution in [0, 0.1) is 5.82 Å². The van der Waals surface area contributed by atoms with E-state index >= 15 is 0 Å². The first-order valence-corrected chi connectivity index (χ1v) is 9.04. The number of hydrogen-bond acceptors (Lipinski definition) is 6. The van der Waals surface area contributed by atoms with Gasteiger partial charge in [0.15, 0.2) is 0 Å². The summed E-state index contributed by atoms with van der Waals surface area (Å²) < 4.78 is 19.9. The number of hydrogen-bond donors (Lipinski definition) is 2. The zero-order valence-corrected chi connectivity index (χ0v) is 15.6. The van der Waals surface area contributed by atoms with Crippen LogP contribution in [0.15, 0.2) is 18.2 Å². The number of halogens is 1. The highest BCUT2D eigenvalue weighted by atomic mass is 19.1. The summed E-state index contributed by atoms with van der Waals surface area (Å²) in [7, 11) is 0. The Balaban J connectivity index is 1.64. The van der Waals surface area contributed by atoms with Gasteiger partial charge in [0.05, 0.1) is 24.5 Å². The van der Waals surface area contributed by atoms with Gasteiger partial charge in [-0.15, -0.1) is 0 Å².